The molecular weight excluding hydrogens is 313 g/mol. The average molecular weight is 332 g/mol. The summed E-state index contributed by atoms with van der Waals surface area (Å²) in [5.41, 5.74) is -0.115. The van der Waals surface area contributed by atoms with Crippen LogP contribution in [0.4, 0.5) is 4.39 Å². The summed E-state index contributed by atoms with van der Waals surface area (Å²) in [5.74, 6) is -0.299. The van der Waals surface area contributed by atoms with Crippen molar-refractivity contribution in [1.82, 2.24) is 5.32 Å². The van der Waals surface area contributed by atoms with E-state index >= 15 is 0 Å². The molecule has 0 aliphatic carbocycles. The first kappa shape index (κ1) is 14.9. The summed E-state index contributed by atoms with van der Waals surface area (Å²) in [6.07, 6.45) is 0.986. The molecule has 0 radical (unpaired) electrons. The number of morpholine rings is 1. The highest BCUT2D eigenvalue weighted by atomic mass is 79.9. The fourth-order valence-electron chi connectivity index (χ4n) is 2.45. The number of benzene rings is 1. The van der Waals surface area contributed by atoms with Gasteiger partial charge in [0, 0.05) is 19.0 Å². The number of halogens is 2. The van der Waals surface area contributed by atoms with Crippen LogP contribution in [0.2, 0.25) is 0 Å². The van der Waals surface area contributed by atoms with E-state index in [2.05, 4.69) is 21.2 Å². The molecule has 1 aromatic rings. The Morgan fingerprint density at radius 1 is 1.58 bits per heavy atom. The molecule has 0 saturated carbocycles. The topological polar surface area (TPSA) is 41.5 Å². The van der Waals surface area contributed by atoms with Crippen molar-refractivity contribution in [3.05, 3.63) is 34.1 Å². The zero-order valence-electron chi connectivity index (χ0n) is 11.0. The first-order valence-electron chi connectivity index (χ1n) is 6.44. The quantitative estimate of drug-likeness (QED) is 0.889. The summed E-state index contributed by atoms with van der Waals surface area (Å²) in [6, 6.07) is 5.04. The lowest BCUT2D eigenvalue weighted by molar-refractivity contribution is 0.00638. The third-order valence-electron chi connectivity index (χ3n) is 3.29. The van der Waals surface area contributed by atoms with Crippen LogP contribution in [0.25, 0.3) is 0 Å². The summed E-state index contributed by atoms with van der Waals surface area (Å²) in [6.45, 7) is 3.92. The van der Waals surface area contributed by atoms with Gasteiger partial charge in [-0.3, -0.25) is 0 Å². The Balaban J connectivity index is 2.01. The number of hydrogen-bond donors (Lipinski definition) is 2. The second kappa shape index (κ2) is 6.31. The van der Waals surface area contributed by atoms with Crippen LogP contribution >= 0.6 is 15.9 Å². The SMILES string of the molecule is CC(O)(Cc1cccc(F)c1Br)CC1COCCN1. The normalized spacial score (nSPS) is 23.1. The maximum atomic E-state index is 13.5. The molecule has 106 valence electrons. The molecule has 5 heteroatoms. The van der Waals surface area contributed by atoms with Crippen LogP contribution < -0.4 is 5.32 Å². The summed E-state index contributed by atoms with van der Waals surface area (Å²) < 4.78 is 19.3. The summed E-state index contributed by atoms with van der Waals surface area (Å²) in [4.78, 5) is 0. The highest BCUT2D eigenvalue weighted by molar-refractivity contribution is 9.10. The van der Waals surface area contributed by atoms with Crippen molar-refractivity contribution in [3.8, 4) is 0 Å². The molecule has 1 aliphatic heterocycles. The molecule has 2 N–H and O–H groups in total. The minimum absolute atomic E-state index is 0.149. The summed E-state index contributed by atoms with van der Waals surface area (Å²) in [5, 5.41) is 13.8. The minimum atomic E-state index is -0.894. The fraction of sp³-hybridized carbons (Fsp3) is 0.571. The molecule has 3 nitrogen and oxygen atoms in total. The zero-order chi connectivity index (χ0) is 13.9. The lowest BCUT2D eigenvalue weighted by Gasteiger charge is -2.31. The van der Waals surface area contributed by atoms with Gasteiger partial charge < -0.3 is 15.2 Å². The standard InChI is InChI=1S/C14H19BrFNO2/c1-14(18,8-11-9-19-6-5-17-11)7-10-3-2-4-12(16)13(10)15/h2-4,11,17-18H,5-9H2,1H3. The van der Waals surface area contributed by atoms with Crippen molar-refractivity contribution in [2.45, 2.75) is 31.4 Å². The molecule has 2 rings (SSSR count). The molecule has 2 atom stereocenters. The third kappa shape index (κ3) is 4.24. The van der Waals surface area contributed by atoms with Gasteiger partial charge in [0.05, 0.1) is 23.3 Å². The van der Waals surface area contributed by atoms with Crippen molar-refractivity contribution in [3.63, 3.8) is 0 Å². The maximum absolute atomic E-state index is 13.5. The molecule has 2 unspecified atom stereocenters. The van der Waals surface area contributed by atoms with Crippen molar-refractivity contribution < 1.29 is 14.2 Å². The van der Waals surface area contributed by atoms with Crippen LogP contribution in [-0.4, -0.2) is 36.5 Å². The molecule has 0 bridgehead atoms. The number of ether oxygens (including phenoxy) is 1. The van der Waals surface area contributed by atoms with Crippen molar-refractivity contribution in [1.29, 1.82) is 0 Å². The van der Waals surface area contributed by atoms with E-state index in [1.807, 2.05) is 6.07 Å². The Labute approximate surface area is 121 Å². The largest absolute Gasteiger partial charge is 0.390 e. The third-order valence-corrected chi connectivity index (χ3v) is 4.18. The van der Waals surface area contributed by atoms with E-state index in [1.54, 1.807) is 13.0 Å². The average Bonchev–Trinajstić information content (AvgIpc) is 2.35. The molecule has 1 fully saturated rings. The van der Waals surface area contributed by atoms with E-state index in [0.29, 0.717) is 30.5 Å². The van der Waals surface area contributed by atoms with Gasteiger partial charge in [-0.05, 0) is 40.9 Å². The predicted molar refractivity (Wildman–Crippen MR) is 75.7 cm³/mol. The highest BCUT2D eigenvalue weighted by Crippen LogP contribution is 2.26. The van der Waals surface area contributed by atoms with Crippen LogP contribution in [0.5, 0.6) is 0 Å². The van der Waals surface area contributed by atoms with E-state index < -0.39 is 5.60 Å². The Bertz CT molecular complexity index is 433. The molecule has 0 spiro atoms. The Morgan fingerprint density at radius 3 is 3.05 bits per heavy atom. The van der Waals surface area contributed by atoms with E-state index in [-0.39, 0.29) is 11.9 Å². The van der Waals surface area contributed by atoms with Crippen LogP contribution in [0.15, 0.2) is 22.7 Å². The molecule has 19 heavy (non-hydrogen) atoms. The van der Waals surface area contributed by atoms with Crippen LogP contribution in [-0.2, 0) is 11.2 Å². The monoisotopic (exact) mass is 331 g/mol. The van der Waals surface area contributed by atoms with Crippen LogP contribution in [0, 0.1) is 5.82 Å². The maximum Gasteiger partial charge on any atom is 0.137 e. The van der Waals surface area contributed by atoms with Gasteiger partial charge in [-0.25, -0.2) is 4.39 Å². The van der Waals surface area contributed by atoms with Crippen molar-refractivity contribution >= 4 is 15.9 Å². The molecule has 1 aliphatic rings. The second-order valence-electron chi connectivity index (χ2n) is 5.32. The number of rotatable bonds is 4. The number of hydrogen-bond acceptors (Lipinski definition) is 3. The minimum Gasteiger partial charge on any atom is -0.390 e. The first-order valence-corrected chi connectivity index (χ1v) is 7.24. The molecule has 1 heterocycles. The predicted octanol–water partition coefficient (Wildman–Crippen LogP) is 2.26. The van der Waals surface area contributed by atoms with Gasteiger partial charge in [-0.1, -0.05) is 12.1 Å². The zero-order valence-corrected chi connectivity index (χ0v) is 12.5. The Kier molecular flexibility index (Phi) is 4.95. The lowest BCUT2D eigenvalue weighted by atomic mass is 9.89. The number of aliphatic hydroxyl groups is 1. The number of nitrogens with one attached hydrogen (secondary N) is 1. The van der Waals surface area contributed by atoms with Gasteiger partial charge in [0.15, 0.2) is 0 Å². The van der Waals surface area contributed by atoms with E-state index in [1.165, 1.54) is 6.07 Å². The first-order chi connectivity index (χ1) is 8.98. The molecule has 1 aromatic carbocycles. The Morgan fingerprint density at radius 2 is 2.37 bits per heavy atom. The second-order valence-corrected chi connectivity index (χ2v) is 6.11. The highest BCUT2D eigenvalue weighted by Gasteiger charge is 2.28. The molecular formula is C14H19BrFNO2. The van der Waals surface area contributed by atoms with Crippen LogP contribution in [0.3, 0.4) is 0 Å². The smallest absolute Gasteiger partial charge is 0.137 e. The van der Waals surface area contributed by atoms with Crippen molar-refractivity contribution in [2.24, 2.45) is 0 Å². The lowest BCUT2D eigenvalue weighted by Crippen LogP contribution is -2.46. The van der Waals surface area contributed by atoms with Gasteiger partial charge >= 0.3 is 0 Å². The summed E-state index contributed by atoms with van der Waals surface area (Å²) >= 11 is 3.23. The van der Waals surface area contributed by atoms with Gasteiger partial charge in [-0.2, -0.15) is 0 Å². The van der Waals surface area contributed by atoms with Crippen LogP contribution in [0.1, 0.15) is 18.9 Å². The van der Waals surface area contributed by atoms with Crippen molar-refractivity contribution in [2.75, 3.05) is 19.8 Å². The fourth-order valence-corrected chi connectivity index (χ4v) is 2.85. The molecule has 0 aromatic heterocycles. The summed E-state index contributed by atoms with van der Waals surface area (Å²) in [7, 11) is 0. The molecule has 1 saturated heterocycles. The Hall–Kier alpha value is -0.490. The van der Waals surface area contributed by atoms with E-state index in [0.717, 1.165) is 12.1 Å². The van der Waals surface area contributed by atoms with Gasteiger partial charge in [-0.15, -0.1) is 0 Å². The van der Waals surface area contributed by atoms with E-state index in [4.69, 9.17) is 4.74 Å². The van der Waals surface area contributed by atoms with Gasteiger partial charge in [0.25, 0.3) is 0 Å². The van der Waals surface area contributed by atoms with Gasteiger partial charge in [0.1, 0.15) is 5.82 Å². The van der Waals surface area contributed by atoms with Gasteiger partial charge in [0.2, 0.25) is 0 Å². The van der Waals surface area contributed by atoms with E-state index in [9.17, 15) is 9.50 Å². The molecule has 0 amide bonds.